The molecule has 0 amide bonds. The fraction of sp³-hybridized carbons (Fsp3) is 0.133. The fourth-order valence-corrected chi connectivity index (χ4v) is 2.43. The van der Waals surface area contributed by atoms with Crippen molar-refractivity contribution >= 4 is 17.9 Å². The minimum absolute atomic E-state index is 0.316. The van der Waals surface area contributed by atoms with Crippen molar-refractivity contribution in [1.82, 2.24) is 18.7 Å². The van der Waals surface area contributed by atoms with Gasteiger partial charge in [-0.2, -0.15) is 8.75 Å². The smallest absolute Gasteiger partial charge is 0.159 e. The van der Waals surface area contributed by atoms with Gasteiger partial charge in [-0.1, -0.05) is 11.2 Å². The van der Waals surface area contributed by atoms with Crippen LogP contribution in [0.3, 0.4) is 0 Å². The Kier molecular flexibility index (Phi) is 4.45. The number of hydrogen-bond donors (Lipinski definition) is 0. The van der Waals surface area contributed by atoms with Crippen molar-refractivity contribution in [1.29, 1.82) is 0 Å². The lowest BCUT2D eigenvalue weighted by Crippen LogP contribution is -1.95. The quantitative estimate of drug-likeness (QED) is 0.535. The summed E-state index contributed by atoms with van der Waals surface area (Å²) in [4.78, 5) is 13.7. The van der Waals surface area contributed by atoms with E-state index in [4.69, 9.17) is 4.84 Å². The summed E-state index contributed by atoms with van der Waals surface area (Å²) in [6.07, 6.45) is 5.01. The third-order valence-corrected chi connectivity index (χ3v) is 3.55. The summed E-state index contributed by atoms with van der Waals surface area (Å²) in [5.74, 6) is 0. The Morgan fingerprint density at radius 1 is 1.14 bits per heavy atom. The Bertz CT molecular complexity index is 772. The molecule has 0 aliphatic heterocycles. The molecule has 3 aromatic heterocycles. The standard InChI is InChI=1S/C15H13N5OS/c1-11-15(20-22-19-11)13-6-4-8-17-14(13)9-18-21-10-12-5-2-3-7-16-12/h2-9H,10H2,1H3/b18-9+. The van der Waals surface area contributed by atoms with Crippen molar-refractivity contribution in [2.24, 2.45) is 5.16 Å². The van der Waals surface area contributed by atoms with Gasteiger partial charge in [-0.3, -0.25) is 9.97 Å². The molecule has 0 aliphatic rings. The van der Waals surface area contributed by atoms with Gasteiger partial charge < -0.3 is 4.84 Å². The molecule has 0 atom stereocenters. The number of nitrogens with zero attached hydrogens (tertiary/aromatic N) is 5. The summed E-state index contributed by atoms with van der Waals surface area (Å²) in [5.41, 5.74) is 4.10. The molecule has 0 unspecified atom stereocenters. The van der Waals surface area contributed by atoms with Crippen LogP contribution < -0.4 is 0 Å². The van der Waals surface area contributed by atoms with E-state index in [1.165, 1.54) is 11.7 Å². The lowest BCUT2D eigenvalue weighted by Gasteiger charge is -2.02. The molecule has 22 heavy (non-hydrogen) atoms. The van der Waals surface area contributed by atoms with E-state index in [0.29, 0.717) is 12.3 Å². The lowest BCUT2D eigenvalue weighted by molar-refractivity contribution is 0.129. The van der Waals surface area contributed by atoms with Crippen molar-refractivity contribution < 1.29 is 4.84 Å². The minimum atomic E-state index is 0.316. The Hall–Kier alpha value is -2.67. The Morgan fingerprint density at radius 3 is 2.82 bits per heavy atom. The van der Waals surface area contributed by atoms with Gasteiger partial charge in [0.05, 0.1) is 35.0 Å². The van der Waals surface area contributed by atoms with Crippen LogP contribution >= 0.6 is 11.7 Å². The lowest BCUT2D eigenvalue weighted by atomic mass is 10.1. The van der Waals surface area contributed by atoms with Gasteiger partial charge in [0.15, 0.2) is 6.61 Å². The summed E-state index contributed by atoms with van der Waals surface area (Å²) < 4.78 is 8.49. The molecular formula is C15H13N5OS. The summed E-state index contributed by atoms with van der Waals surface area (Å²) in [6.45, 7) is 2.24. The molecular weight excluding hydrogens is 298 g/mol. The van der Waals surface area contributed by atoms with E-state index in [-0.39, 0.29) is 0 Å². The number of pyridine rings is 2. The van der Waals surface area contributed by atoms with E-state index >= 15 is 0 Å². The number of aryl methyl sites for hydroxylation is 1. The van der Waals surface area contributed by atoms with Crippen LogP contribution in [0, 0.1) is 6.92 Å². The van der Waals surface area contributed by atoms with Crippen LogP contribution in [0.4, 0.5) is 0 Å². The molecule has 0 spiro atoms. The predicted octanol–water partition coefficient (Wildman–Crippen LogP) is 2.85. The summed E-state index contributed by atoms with van der Waals surface area (Å²) >= 11 is 1.18. The molecule has 3 heterocycles. The van der Waals surface area contributed by atoms with E-state index in [2.05, 4.69) is 23.9 Å². The van der Waals surface area contributed by atoms with E-state index in [9.17, 15) is 0 Å². The first-order valence-corrected chi connectivity index (χ1v) is 7.37. The zero-order valence-electron chi connectivity index (χ0n) is 11.9. The van der Waals surface area contributed by atoms with Crippen LogP contribution in [0.5, 0.6) is 0 Å². The van der Waals surface area contributed by atoms with Crippen molar-refractivity contribution in [3.8, 4) is 11.3 Å². The third-order valence-electron chi connectivity index (χ3n) is 2.93. The predicted molar refractivity (Wildman–Crippen MR) is 84.5 cm³/mol. The SMILES string of the molecule is Cc1nsnc1-c1cccnc1/C=N/OCc1ccccn1. The van der Waals surface area contributed by atoms with E-state index in [1.54, 1.807) is 18.6 Å². The first-order chi connectivity index (χ1) is 10.8. The first kappa shape index (κ1) is 14.3. The molecule has 110 valence electrons. The molecule has 0 fully saturated rings. The molecule has 7 heteroatoms. The van der Waals surface area contributed by atoms with Crippen LogP contribution in [0.15, 0.2) is 47.9 Å². The van der Waals surface area contributed by atoms with Crippen molar-refractivity contribution in [3.05, 3.63) is 59.8 Å². The number of rotatable bonds is 5. The number of oxime groups is 1. The maximum atomic E-state index is 5.26. The van der Waals surface area contributed by atoms with Gasteiger partial charge in [-0.25, -0.2) is 0 Å². The zero-order chi connectivity index (χ0) is 15.2. The Morgan fingerprint density at radius 2 is 2.05 bits per heavy atom. The molecule has 3 rings (SSSR count). The molecule has 0 N–H and O–H groups in total. The van der Waals surface area contributed by atoms with Crippen LogP contribution in [-0.2, 0) is 11.4 Å². The van der Waals surface area contributed by atoms with Crippen LogP contribution in [0.1, 0.15) is 17.1 Å². The molecule has 3 aromatic rings. The van der Waals surface area contributed by atoms with Gasteiger partial charge in [-0.15, -0.1) is 0 Å². The van der Waals surface area contributed by atoms with Crippen LogP contribution in [-0.4, -0.2) is 24.9 Å². The monoisotopic (exact) mass is 311 g/mol. The third kappa shape index (κ3) is 3.32. The van der Waals surface area contributed by atoms with Gasteiger partial charge in [0, 0.05) is 18.0 Å². The Labute approximate surface area is 131 Å². The van der Waals surface area contributed by atoms with Gasteiger partial charge in [-0.05, 0) is 31.2 Å². The minimum Gasteiger partial charge on any atom is -0.389 e. The average molecular weight is 311 g/mol. The second kappa shape index (κ2) is 6.86. The Balaban J connectivity index is 1.73. The van der Waals surface area contributed by atoms with E-state index < -0.39 is 0 Å². The topological polar surface area (TPSA) is 73.2 Å². The van der Waals surface area contributed by atoms with Gasteiger partial charge in [0.1, 0.15) is 5.69 Å². The van der Waals surface area contributed by atoms with E-state index in [0.717, 1.165) is 22.6 Å². The highest BCUT2D eigenvalue weighted by atomic mass is 32.1. The van der Waals surface area contributed by atoms with Gasteiger partial charge in [0.2, 0.25) is 0 Å². The molecule has 6 nitrogen and oxygen atoms in total. The second-order valence-corrected chi connectivity index (χ2v) is 4.99. The summed E-state index contributed by atoms with van der Waals surface area (Å²) in [5, 5.41) is 3.96. The summed E-state index contributed by atoms with van der Waals surface area (Å²) in [7, 11) is 0. The van der Waals surface area contributed by atoms with E-state index in [1.807, 2.05) is 37.3 Å². The molecule has 0 radical (unpaired) electrons. The highest BCUT2D eigenvalue weighted by Crippen LogP contribution is 2.22. The van der Waals surface area contributed by atoms with Crippen LogP contribution in [0.25, 0.3) is 11.3 Å². The van der Waals surface area contributed by atoms with Crippen molar-refractivity contribution in [2.45, 2.75) is 13.5 Å². The molecule has 0 aromatic carbocycles. The van der Waals surface area contributed by atoms with Gasteiger partial charge >= 0.3 is 0 Å². The zero-order valence-corrected chi connectivity index (χ0v) is 12.7. The fourth-order valence-electron chi connectivity index (χ4n) is 1.87. The normalized spacial score (nSPS) is 11.0. The molecule has 0 saturated heterocycles. The van der Waals surface area contributed by atoms with Crippen LogP contribution in [0.2, 0.25) is 0 Å². The molecule has 0 bridgehead atoms. The average Bonchev–Trinajstić information content (AvgIpc) is 2.99. The number of aromatic nitrogens is 4. The number of hydrogen-bond acceptors (Lipinski definition) is 7. The molecule has 0 saturated carbocycles. The first-order valence-electron chi connectivity index (χ1n) is 6.64. The maximum absolute atomic E-state index is 5.26. The van der Waals surface area contributed by atoms with Crippen molar-refractivity contribution in [2.75, 3.05) is 0 Å². The summed E-state index contributed by atoms with van der Waals surface area (Å²) in [6, 6.07) is 9.45. The maximum Gasteiger partial charge on any atom is 0.159 e. The van der Waals surface area contributed by atoms with Gasteiger partial charge in [0.25, 0.3) is 0 Å². The van der Waals surface area contributed by atoms with Crippen molar-refractivity contribution in [3.63, 3.8) is 0 Å². The highest BCUT2D eigenvalue weighted by molar-refractivity contribution is 6.99. The largest absolute Gasteiger partial charge is 0.389 e. The second-order valence-electron chi connectivity index (χ2n) is 4.46. The molecule has 0 aliphatic carbocycles. The highest BCUT2D eigenvalue weighted by Gasteiger charge is 2.10.